The summed E-state index contributed by atoms with van der Waals surface area (Å²) in [6.07, 6.45) is 2.16. The first kappa shape index (κ1) is 17.7. The fourth-order valence-corrected chi connectivity index (χ4v) is 2.44. The highest BCUT2D eigenvalue weighted by Crippen LogP contribution is 2.18. The summed E-state index contributed by atoms with van der Waals surface area (Å²) in [7, 11) is 0. The lowest BCUT2D eigenvalue weighted by Crippen LogP contribution is -2.31. The van der Waals surface area contributed by atoms with E-state index in [0.717, 1.165) is 29.5 Å². The molecule has 0 radical (unpaired) electrons. The van der Waals surface area contributed by atoms with Crippen molar-refractivity contribution in [3.05, 3.63) is 54.1 Å². The Hall–Kier alpha value is -2.65. The van der Waals surface area contributed by atoms with Gasteiger partial charge in [0.05, 0.1) is 0 Å². The van der Waals surface area contributed by atoms with Crippen molar-refractivity contribution in [3.63, 3.8) is 0 Å². The third kappa shape index (κ3) is 5.86. The molecule has 0 saturated heterocycles. The summed E-state index contributed by atoms with van der Waals surface area (Å²) >= 11 is 1.08. The molecule has 0 aliphatic rings. The van der Waals surface area contributed by atoms with Gasteiger partial charge < -0.3 is 15.4 Å². The fourth-order valence-electron chi connectivity index (χ4n) is 2.06. The van der Waals surface area contributed by atoms with Gasteiger partial charge in [-0.15, -0.1) is 0 Å². The van der Waals surface area contributed by atoms with Crippen molar-refractivity contribution in [2.45, 2.75) is 24.7 Å². The van der Waals surface area contributed by atoms with Gasteiger partial charge in [0.15, 0.2) is 6.73 Å². The fraction of sp³-hybridized carbons (Fsp3) is 0.222. The van der Waals surface area contributed by atoms with E-state index in [2.05, 4.69) is 17.6 Å². The molecule has 0 heterocycles. The molecule has 5 nitrogen and oxygen atoms in total. The zero-order chi connectivity index (χ0) is 17.2. The van der Waals surface area contributed by atoms with Crippen LogP contribution in [0.4, 0.5) is 10.5 Å². The molecule has 24 heavy (non-hydrogen) atoms. The Labute approximate surface area is 146 Å². The molecule has 0 aliphatic carbocycles. The van der Waals surface area contributed by atoms with E-state index in [4.69, 9.17) is 10.00 Å². The average Bonchev–Trinajstić information content (AvgIpc) is 2.59. The monoisotopic (exact) mass is 341 g/mol. The second-order valence-electron chi connectivity index (χ2n) is 5.03. The number of carbonyl (C=O) groups is 1. The maximum atomic E-state index is 11.8. The van der Waals surface area contributed by atoms with E-state index < -0.39 is 0 Å². The smallest absolute Gasteiger partial charge is 0.321 e. The number of nitrogens with zero attached hydrogens (tertiary/aromatic N) is 1. The second kappa shape index (κ2) is 9.48. The molecule has 0 spiro atoms. The summed E-state index contributed by atoms with van der Waals surface area (Å²) in [6, 6.07) is 14.5. The molecule has 0 aliphatic heterocycles. The standard InChI is InChI=1S/C18H19N3O2S/c1-2-3-14-4-8-16(9-5-14)23-13-20-18(22)21-15-6-10-17(11-7-15)24-12-19/h4-11H,2-3,13H2,1H3,(H2,20,21,22). The normalized spacial score (nSPS) is 9.83. The van der Waals surface area contributed by atoms with Crippen LogP contribution in [-0.2, 0) is 6.42 Å². The van der Waals surface area contributed by atoms with Crippen molar-refractivity contribution in [1.29, 1.82) is 5.26 Å². The lowest BCUT2D eigenvalue weighted by atomic mass is 10.1. The van der Waals surface area contributed by atoms with Gasteiger partial charge in [0.1, 0.15) is 11.2 Å². The number of aryl methyl sites for hydroxylation is 1. The SMILES string of the molecule is CCCc1ccc(OCNC(=O)Nc2ccc(SC#N)cc2)cc1. The van der Waals surface area contributed by atoms with Crippen molar-refractivity contribution in [3.8, 4) is 11.2 Å². The van der Waals surface area contributed by atoms with Gasteiger partial charge in [0, 0.05) is 10.6 Å². The van der Waals surface area contributed by atoms with Gasteiger partial charge in [0.25, 0.3) is 0 Å². The summed E-state index contributed by atoms with van der Waals surface area (Å²) in [6.45, 7) is 2.23. The molecule has 0 saturated carbocycles. The van der Waals surface area contributed by atoms with Gasteiger partial charge >= 0.3 is 6.03 Å². The summed E-state index contributed by atoms with van der Waals surface area (Å²) < 4.78 is 5.49. The number of anilines is 1. The molecule has 2 amide bonds. The highest BCUT2D eigenvalue weighted by molar-refractivity contribution is 8.03. The predicted octanol–water partition coefficient (Wildman–Crippen LogP) is 4.37. The molecular formula is C18H19N3O2S. The van der Waals surface area contributed by atoms with E-state index in [1.54, 1.807) is 24.3 Å². The van der Waals surface area contributed by atoms with E-state index in [-0.39, 0.29) is 12.8 Å². The number of thioether (sulfide) groups is 1. The molecule has 6 heteroatoms. The molecule has 2 rings (SSSR count). The van der Waals surface area contributed by atoms with Crippen LogP contribution in [-0.4, -0.2) is 12.8 Å². The lowest BCUT2D eigenvalue weighted by molar-refractivity contribution is 0.234. The van der Waals surface area contributed by atoms with E-state index in [9.17, 15) is 4.79 Å². The number of hydrogen-bond donors (Lipinski definition) is 2. The van der Waals surface area contributed by atoms with Crippen LogP contribution >= 0.6 is 11.8 Å². The number of urea groups is 1. The minimum Gasteiger partial charge on any atom is -0.473 e. The van der Waals surface area contributed by atoms with Crippen molar-refractivity contribution < 1.29 is 9.53 Å². The molecule has 0 unspecified atom stereocenters. The van der Waals surface area contributed by atoms with Crippen LogP contribution in [0, 0.1) is 10.7 Å². The number of thiocyanates is 1. The minimum atomic E-state index is -0.349. The van der Waals surface area contributed by atoms with Gasteiger partial charge in [0.2, 0.25) is 0 Å². The molecule has 2 aromatic carbocycles. The number of hydrogen-bond acceptors (Lipinski definition) is 4. The van der Waals surface area contributed by atoms with E-state index >= 15 is 0 Å². The Morgan fingerprint density at radius 1 is 1.17 bits per heavy atom. The minimum absolute atomic E-state index is 0.0846. The van der Waals surface area contributed by atoms with Crippen LogP contribution < -0.4 is 15.4 Å². The highest BCUT2D eigenvalue weighted by atomic mass is 32.2. The van der Waals surface area contributed by atoms with Crippen LogP contribution in [0.15, 0.2) is 53.4 Å². The molecule has 0 bridgehead atoms. The van der Waals surface area contributed by atoms with E-state index in [1.165, 1.54) is 5.56 Å². The summed E-state index contributed by atoms with van der Waals surface area (Å²) in [5.41, 5.74) is 1.92. The Bertz CT molecular complexity index is 694. The number of benzene rings is 2. The van der Waals surface area contributed by atoms with Gasteiger partial charge in [-0.05, 0) is 60.1 Å². The van der Waals surface area contributed by atoms with Gasteiger partial charge in [-0.2, -0.15) is 5.26 Å². The van der Waals surface area contributed by atoms with Crippen LogP contribution in [0.3, 0.4) is 0 Å². The van der Waals surface area contributed by atoms with Crippen molar-refractivity contribution in [2.24, 2.45) is 0 Å². The molecule has 124 valence electrons. The largest absolute Gasteiger partial charge is 0.473 e. The Balaban J connectivity index is 1.73. The zero-order valence-corrected chi connectivity index (χ0v) is 14.2. The van der Waals surface area contributed by atoms with E-state index in [1.807, 2.05) is 29.7 Å². The Morgan fingerprint density at radius 3 is 2.50 bits per heavy atom. The number of carbonyl (C=O) groups excluding carboxylic acids is 1. The van der Waals surface area contributed by atoms with E-state index in [0.29, 0.717) is 11.4 Å². The maximum Gasteiger partial charge on any atom is 0.321 e. The first-order valence-corrected chi connectivity index (χ1v) is 8.45. The highest BCUT2D eigenvalue weighted by Gasteiger charge is 2.02. The number of rotatable bonds is 7. The summed E-state index contributed by atoms with van der Waals surface area (Å²) in [4.78, 5) is 12.6. The Kier molecular flexibility index (Phi) is 6.99. The quantitative estimate of drug-likeness (QED) is 0.445. The van der Waals surface area contributed by atoms with Crippen LogP contribution in [0.2, 0.25) is 0 Å². The van der Waals surface area contributed by atoms with Gasteiger partial charge in [-0.1, -0.05) is 25.5 Å². The molecule has 2 aromatic rings. The van der Waals surface area contributed by atoms with Crippen LogP contribution in [0.25, 0.3) is 0 Å². The summed E-state index contributed by atoms with van der Waals surface area (Å²) in [5.74, 6) is 0.716. The molecule has 0 atom stereocenters. The van der Waals surface area contributed by atoms with Gasteiger partial charge in [-0.3, -0.25) is 0 Å². The number of nitriles is 1. The van der Waals surface area contributed by atoms with Crippen LogP contribution in [0.5, 0.6) is 5.75 Å². The maximum absolute atomic E-state index is 11.8. The number of nitrogens with one attached hydrogen (secondary N) is 2. The van der Waals surface area contributed by atoms with Crippen molar-refractivity contribution in [2.75, 3.05) is 12.0 Å². The van der Waals surface area contributed by atoms with Crippen LogP contribution in [0.1, 0.15) is 18.9 Å². The van der Waals surface area contributed by atoms with Crippen molar-refractivity contribution >= 4 is 23.5 Å². The molecular weight excluding hydrogens is 322 g/mol. The predicted molar refractivity (Wildman–Crippen MR) is 96.0 cm³/mol. The van der Waals surface area contributed by atoms with Gasteiger partial charge in [-0.25, -0.2) is 4.79 Å². The zero-order valence-electron chi connectivity index (χ0n) is 13.4. The Morgan fingerprint density at radius 2 is 1.88 bits per heavy atom. The first-order valence-electron chi connectivity index (χ1n) is 7.64. The summed E-state index contributed by atoms with van der Waals surface area (Å²) in [5, 5.41) is 15.9. The lowest BCUT2D eigenvalue weighted by Gasteiger charge is -2.10. The third-order valence-corrected chi connectivity index (χ3v) is 3.81. The molecule has 0 aromatic heterocycles. The second-order valence-corrected chi connectivity index (χ2v) is 5.89. The number of ether oxygens (including phenoxy) is 1. The first-order chi connectivity index (χ1) is 11.7. The van der Waals surface area contributed by atoms with Crippen molar-refractivity contribution in [1.82, 2.24) is 5.32 Å². The molecule has 2 N–H and O–H groups in total. The number of amides is 2. The average molecular weight is 341 g/mol. The topological polar surface area (TPSA) is 74.2 Å². The molecule has 0 fully saturated rings. The third-order valence-electron chi connectivity index (χ3n) is 3.21.